The van der Waals surface area contributed by atoms with Crippen LogP contribution < -0.4 is 10.6 Å². The van der Waals surface area contributed by atoms with E-state index >= 15 is 0 Å². The standard InChI is InChI=1S/C16H25N3O.2ClH/c1-12-7-8-13(11-19(2)3)10-15(12)18-16(20)14-6-4-5-9-17-14;;/h7-8,10,14,17H,4-6,9,11H2,1-3H3,(H,18,20);2*1H/t14-;;/m1../s1. The number of nitrogens with one attached hydrogen (secondary N) is 2. The van der Waals surface area contributed by atoms with Gasteiger partial charge in [0, 0.05) is 12.2 Å². The predicted molar refractivity (Wildman–Crippen MR) is 97.3 cm³/mol. The van der Waals surface area contributed by atoms with E-state index in [9.17, 15) is 4.79 Å². The highest BCUT2D eigenvalue weighted by Crippen LogP contribution is 2.19. The monoisotopic (exact) mass is 347 g/mol. The molecule has 0 bridgehead atoms. The van der Waals surface area contributed by atoms with Crippen LogP contribution in [0, 0.1) is 6.92 Å². The largest absolute Gasteiger partial charge is 0.324 e. The van der Waals surface area contributed by atoms with Gasteiger partial charge in [0.1, 0.15) is 0 Å². The van der Waals surface area contributed by atoms with Gasteiger partial charge in [0.2, 0.25) is 5.91 Å². The second-order valence-electron chi connectivity index (χ2n) is 5.88. The van der Waals surface area contributed by atoms with Crippen molar-refractivity contribution in [2.24, 2.45) is 0 Å². The van der Waals surface area contributed by atoms with Crippen LogP contribution in [-0.4, -0.2) is 37.5 Å². The van der Waals surface area contributed by atoms with Gasteiger partial charge in [0.25, 0.3) is 0 Å². The highest BCUT2D eigenvalue weighted by atomic mass is 35.5. The number of rotatable bonds is 4. The Morgan fingerprint density at radius 3 is 2.64 bits per heavy atom. The molecule has 1 aromatic carbocycles. The van der Waals surface area contributed by atoms with E-state index < -0.39 is 0 Å². The van der Waals surface area contributed by atoms with Crippen LogP contribution in [0.4, 0.5) is 5.69 Å². The lowest BCUT2D eigenvalue weighted by Gasteiger charge is -2.23. The van der Waals surface area contributed by atoms with Gasteiger partial charge in [-0.3, -0.25) is 4.79 Å². The zero-order chi connectivity index (χ0) is 14.5. The first-order chi connectivity index (χ1) is 9.56. The minimum absolute atomic E-state index is 0. The smallest absolute Gasteiger partial charge is 0.241 e. The molecule has 22 heavy (non-hydrogen) atoms. The second-order valence-corrected chi connectivity index (χ2v) is 5.88. The Morgan fingerprint density at radius 1 is 1.32 bits per heavy atom. The van der Waals surface area contributed by atoms with Gasteiger partial charge in [0.05, 0.1) is 6.04 Å². The summed E-state index contributed by atoms with van der Waals surface area (Å²) in [7, 11) is 4.09. The highest BCUT2D eigenvalue weighted by molar-refractivity contribution is 5.95. The molecule has 2 N–H and O–H groups in total. The normalized spacial score (nSPS) is 17.4. The number of benzene rings is 1. The molecule has 0 radical (unpaired) electrons. The van der Waals surface area contributed by atoms with Gasteiger partial charge in [-0.25, -0.2) is 0 Å². The van der Waals surface area contributed by atoms with Gasteiger partial charge in [-0.15, -0.1) is 24.8 Å². The maximum absolute atomic E-state index is 12.3. The van der Waals surface area contributed by atoms with Crippen molar-refractivity contribution in [3.63, 3.8) is 0 Å². The second kappa shape index (κ2) is 10.1. The first kappa shape index (κ1) is 21.2. The van der Waals surface area contributed by atoms with Crippen molar-refractivity contribution in [1.82, 2.24) is 10.2 Å². The summed E-state index contributed by atoms with van der Waals surface area (Å²) >= 11 is 0. The number of carbonyl (C=O) groups is 1. The van der Waals surface area contributed by atoms with Crippen molar-refractivity contribution in [3.05, 3.63) is 29.3 Å². The summed E-state index contributed by atoms with van der Waals surface area (Å²) in [6.07, 6.45) is 3.23. The van der Waals surface area contributed by atoms with Crippen LogP contribution >= 0.6 is 24.8 Å². The van der Waals surface area contributed by atoms with E-state index in [4.69, 9.17) is 0 Å². The summed E-state index contributed by atoms with van der Waals surface area (Å²) in [6, 6.07) is 6.23. The number of amides is 1. The van der Waals surface area contributed by atoms with E-state index in [1.807, 2.05) is 21.0 Å². The van der Waals surface area contributed by atoms with Crippen LogP contribution in [0.2, 0.25) is 0 Å². The molecule has 0 aliphatic carbocycles. The summed E-state index contributed by atoms with van der Waals surface area (Å²) in [4.78, 5) is 14.4. The quantitative estimate of drug-likeness (QED) is 0.879. The van der Waals surface area contributed by atoms with Crippen molar-refractivity contribution >= 4 is 36.4 Å². The van der Waals surface area contributed by atoms with E-state index in [0.29, 0.717) is 0 Å². The van der Waals surface area contributed by atoms with E-state index in [2.05, 4.69) is 33.7 Å². The zero-order valence-corrected chi connectivity index (χ0v) is 15.1. The van der Waals surface area contributed by atoms with Gasteiger partial charge in [-0.1, -0.05) is 18.6 Å². The molecule has 1 saturated heterocycles. The third-order valence-electron chi connectivity index (χ3n) is 3.69. The minimum atomic E-state index is -0.0411. The molecule has 0 spiro atoms. The van der Waals surface area contributed by atoms with Crippen molar-refractivity contribution in [1.29, 1.82) is 0 Å². The summed E-state index contributed by atoms with van der Waals surface area (Å²) in [5.74, 6) is 0.0924. The zero-order valence-electron chi connectivity index (χ0n) is 13.5. The maximum atomic E-state index is 12.3. The fourth-order valence-electron chi connectivity index (χ4n) is 2.56. The van der Waals surface area contributed by atoms with E-state index in [-0.39, 0.29) is 36.8 Å². The first-order valence-electron chi connectivity index (χ1n) is 7.35. The lowest BCUT2D eigenvalue weighted by molar-refractivity contribution is -0.118. The molecular weight excluding hydrogens is 321 g/mol. The molecule has 1 amide bonds. The number of nitrogens with zero attached hydrogens (tertiary/aromatic N) is 1. The molecule has 6 heteroatoms. The average molecular weight is 348 g/mol. The molecule has 1 fully saturated rings. The average Bonchev–Trinajstić information content (AvgIpc) is 2.43. The maximum Gasteiger partial charge on any atom is 0.241 e. The van der Waals surface area contributed by atoms with Crippen molar-refractivity contribution in [2.75, 3.05) is 26.0 Å². The van der Waals surface area contributed by atoms with Gasteiger partial charge in [-0.2, -0.15) is 0 Å². The Bertz CT molecular complexity index is 474. The Balaban J connectivity index is 0.00000220. The molecule has 1 atom stereocenters. The van der Waals surface area contributed by atoms with Gasteiger partial charge in [-0.05, 0) is 57.6 Å². The van der Waals surface area contributed by atoms with Crippen molar-refractivity contribution in [3.8, 4) is 0 Å². The van der Waals surface area contributed by atoms with Crippen LogP contribution in [-0.2, 0) is 11.3 Å². The lowest BCUT2D eigenvalue weighted by Crippen LogP contribution is -2.43. The van der Waals surface area contributed by atoms with Crippen LogP contribution in [0.3, 0.4) is 0 Å². The molecule has 126 valence electrons. The Kier molecular flexibility index (Phi) is 9.69. The topological polar surface area (TPSA) is 44.4 Å². The van der Waals surface area contributed by atoms with Crippen LogP contribution in [0.5, 0.6) is 0 Å². The number of hydrogen-bond donors (Lipinski definition) is 2. The molecule has 0 unspecified atom stereocenters. The van der Waals surface area contributed by atoms with Crippen molar-refractivity contribution < 1.29 is 4.79 Å². The summed E-state index contributed by atoms with van der Waals surface area (Å²) in [6.45, 7) is 3.85. The molecule has 1 heterocycles. The molecular formula is C16H27Cl2N3O. The summed E-state index contributed by atoms with van der Waals surface area (Å²) in [5, 5.41) is 6.36. The molecule has 1 aliphatic heterocycles. The molecule has 2 rings (SSSR count). The van der Waals surface area contributed by atoms with E-state index in [1.54, 1.807) is 0 Å². The number of halogens is 2. The van der Waals surface area contributed by atoms with E-state index in [1.165, 1.54) is 12.0 Å². The highest BCUT2D eigenvalue weighted by Gasteiger charge is 2.20. The fraction of sp³-hybridized carbons (Fsp3) is 0.562. The minimum Gasteiger partial charge on any atom is -0.324 e. The third kappa shape index (κ3) is 6.13. The van der Waals surface area contributed by atoms with E-state index in [0.717, 1.165) is 37.2 Å². The number of aryl methyl sites for hydroxylation is 1. The number of carbonyl (C=O) groups excluding carboxylic acids is 1. The summed E-state index contributed by atoms with van der Waals surface area (Å²) in [5.41, 5.74) is 3.26. The fourth-order valence-corrected chi connectivity index (χ4v) is 2.56. The number of piperidine rings is 1. The third-order valence-corrected chi connectivity index (χ3v) is 3.69. The molecule has 0 aromatic heterocycles. The Labute approximate surface area is 145 Å². The van der Waals surface area contributed by atoms with Crippen molar-refractivity contribution in [2.45, 2.75) is 38.8 Å². The van der Waals surface area contributed by atoms with Crippen LogP contribution in [0.15, 0.2) is 18.2 Å². The van der Waals surface area contributed by atoms with Crippen LogP contribution in [0.1, 0.15) is 30.4 Å². The molecule has 1 aliphatic rings. The molecule has 1 aromatic rings. The Hall–Kier alpha value is -0.810. The van der Waals surface area contributed by atoms with Gasteiger partial charge in [0.15, 0.2) is 0 Å². The first-order valence-corrected chi connectivity index (χ1v) is 7.35. The number of anilines is 1. The number of hydrogen-bond acceptors (Lipinski definition) is 3. The van der Waals surface area contributed by atoms with Crippen LogP contribution in [0.25, 0.3) is 0 Å². The Morgan fingerprint density at radius 2 is 2.05 bits per heavy atom. The molecule has 4 nitrogen and oxygen atoms in total. The molecule has 0 saturated carbocycles. The predicted octanol–water partition coefficient (Wildman–Crippen LogP) is 2.98. The van der Waals surface area contributed by atoms with Gasteiger partial charge >= 0.3 is 0 Å². The SMILES string of the molecule is Cc1ccc(CN(C)C)cc1NC(=O)[C@H]1CCCCN1.Cl.Cl. The summed E-state index contributed by atoms with van der Waals surface area (Å²) < 4.78 is 0. The lowest BCUT2D eigenvalue weighted by atomic mass is 10.0. The van der Waals surface area contributed by atoms with Gasteiger partial charge < -0.3 is 15.5 Å².